The Morgan fingerprint density at radius 3 is 2.84 bits per heavy atom. The van der Waals surface area contributed by atoms with Crippen molar-refractivity contribution in [3.05, 3.63) is 29.3 Å². The number of carbonyl (C=O) groups is 1. The van der Waals surface area contributed by atoms with Crippen molar-refractivity contribution in [3.8, 4) is 0 Å². The molecule has 3 nitrogen and oxygen atoms in total. The van der Waals surface area contributed by atoms with Crippen LogP contribution in [-0.4, -0.2) is 23.7 Å². The SMILES string of the molecule is CCC1CCCCCN1c1cc(C)ccc1C(=O)O. The summed E-state index contributed by atoms with van der Waals surface area (Å²) < 4.78 is 0. The van der Waals surface area contributed by atoms with Crippen LogP contribution in [0.1, 0.15) is 54.9 Å². The van der Waals surface area contributed by atoms with Crippen LogP contribution in [0.3, 0.4) is 0 Å². The van der Waals surface area contributed by atoms with Gasteiger partial charge in [0.25, 0.3) is 0 Å². The molecule has 1 aliphatic heterocycles. The van der Waals surface area contributed by atoms with Gasteiger partial charge >= 0.3 is 5.97 Å². The summed E-state index contributed by atoms with van der Waals surface area (Å²) >= 11 is 0. The van der Waals surface area contributed by atoms with Crippen LogP contribution in [0.5, 0.6) is 0 Å². The molecule has 19 heavy (non-hydrogen) atoms. The maximum atomic E-state index is 11.4. The Kier molecular flexibility index (Phi) is 4.46. The average Bonchev–Trinajstić information content (AvgIpc) is 2.63. The van der Waals surface area contributed by atoms with Gasteiger partial charge in [-0.05, 0) is 43.9 Å². The predicted octanol–water partition coefficient (Wildman–Crippen LogP) is 3.85. The first-order valence-electron chi connectivity index (χ1n) is 7.24. The molecule has 0 bridgehead atoms. The normalized spacial score (nSPS) is 20.1. The first kappa shape index (κ1) is 13.9. The van der Waals surface area contributed by atoms with Crippen molar-refractivity contribution < 1.29 is 9.90 Å². The van der Waals surface area contributed by atoms with Crippen LogP contribution in [0.4, 0.5) is 5.69 Å². The van der Waals surface area contributed by atoms with Crippen LogP contribution < -0.4 is 4.90 Å². The van der Waals surface area contributed by atoms with Gasteiger partial charge in [-0.3, -0.25) is 0 Å². The van der Waals surface area contributed by atoms with Crippen LogP contribution in [0.25, 0.3) is 0 Å². The first-order chi connectivity index (χ1) is 9.13. The van der Waals surface area contributed by atoms with Gasteiger partial charge in [-0.25, -0.2) is 4.79 Å². The van der Waals surface area contributed by atoms with Crippen LogP contribution in [0.2, 0.25) is 0 Å². The van der Waals surface area contributed by atoms with Crippen LogP contribution in [0, 0.1) is 6.92 Å². The molecule has 1 saturated heterocycles. The van der Waals surface area contributed by atoms with E-state index >= 15 is 0 Å². The zero-order valence-electron chi connectivity index (χ0n) is 11.9. The average molecular weight is 261 g/mol. The van der Waals surface area contributed by atoms with Gasteiger partial charge in [0.2, 0.25) is 0 Å². The molecule has 1 aromatic rings. The number of benzene rings is 1. The summed E-state index contributed by atoms with van der Waals surface area (Å²) in [5, 5.41) is 9.39. The van der Waals surface area contributed by atoms with Crippen molar-refractivity contribution >= 4 is 11.7 Å². The maximum absolute atomic E-state index is 11.4. The van der Waals surface area contributed by atoms with E-state index in [1.165, 1.54) is 19.3 Å². The minimum atomic E-state index is -0.825. The quantitative estimate of drug-likeness (QED) is 0.898. The lowest BCUT2D eigenvalue weighted by Crippen LogP contribution is -2.35. The highest BCUT2D eigenvalue weighted by Crippen LogP contribution is 2.29. The minimum absolute atomic E-state index is 0.436. The molecule has 1 aliphatic rings. The molecule has 1 fully saturated rings. The monoisotopic (exact) mass is 261 g/mol. The molecule has 0 amide bonds. The number of aromatic carboxylic acids is 1. The van der Waals surface area contributed by atoms with E-state index in [4.69, 9.17) is 0 Å². The summed E-state index contributed by atoms with van der Waals surface area (Å²) in [6.07, 6.45) is 5.91. The molecule has 1 heterocycles. The van der Waals surface area contributed by atoms with Crippen molar-refractivity contribution in [2.45, 2.75) is 52.0 Å². The van der Waals surface area contributed by atoms with Gasteiger partial charge in [-0.15, -0.1) is 0 Å². The number of hydrogen-bond acceptors (Lipinski definition) is 2. The largest absolute Gasteiger partial charge is 0.478 e. The smallest absolute Gasteiger partial charge is 0.337 e. The van der Waals surface area contributed by atoms with E-state index in [1.807, 2.05) is 19.1 Å². The van der Waals surface area contributed by atoms with Gasteiger partial charge in [-0.1, -0.05) is 25.8 Å². The molecular weight excluding hydrogens is 238 g/mol. The van der Waals surface area contributed by atoms with E-state index in [9.17, 15) is 9.90 Å². The zero-order valence-corrected chi connectivity index (χ0v) is 11.9. The Balaban J connectivity index is 2.42. The molecule has 1 N–H and O–H groups in total. The number of carboxylic acid groups (broad SMARTS) is 1. The van der Waals surface area contributed by atoms with Crippen molar-refractivity contribution in [1.29, 1.82) is 0 Å². The number of aryl methyl sites for hydroxylation is 1. The molecule has 0 spiro atoms. The summed E-state index contributed by atoms with van der Waals surface area (Å²) in [7, 11) is 0. The summed E-state index contributed by atoms with van der Waals surface area (Å²) in [5.74, 6) is -0.825. The topological polar surface area (TPSA) is 40.5 Å². The van der Waals surface area contributed by atoms with E-state index in [0.29, 0.717) is 11.6 Å². The van der Waals surface area contributed by atoms with Gasteiger partial charge in [0.1, 0.15) is 0 Å². The van der Waals surface area contributed by atoms with Crippen LogP contribution in [0.15, 0.2) is 18.2 Å². The van der Waals surface area contributed by atoms with Crippen molar-refractivity contribution in [1.82, 2.24) is 0 Å². The second kappa shape index (κ2) is 6.09. The fraction of sp³-hybridized carbons (Fsp3) is 0.562. The third kappa shape index (κ3) is 3.09. The Hall–Kier alpha value is -1.51. The Morgan fingerprint density at radius 1 is 1.37 bits per heavy atom. The lowest BCUT2D eigenvalue weighted by atomic mass is 10.0. The number of anilines is 1. The zero-order chi connectivity index (χ0) is 13.8. The summed E-state index contributed by atoms with van der Waals surface area (Å²) in [6.45, 7) is 5.19. The number of hydrogen-bond donors (Lipinski definition) is 1. The Labute approximate surface area is 115 Å². The third-order valence-corrected chi connectivity index (χ3v) is 4.04. The number of rotatable bonds is 3. The number of nitrogens with zero attached hydrogens (tertiary/aromatic N) is 1. The second-order valence-electron chi connectivity index (χ2n) is 5.43. The van der Waals surface area contributed by atoms with Crippen molar-refractivity contribution in [3.63, 3.8) is 0 Å². The standard InChI is InChI=1S/C16H23NO2/c1-3-13-7-5-4-6-10-17(13)15-11-12(2)8-9-14(15)16(18)19/h8-9,11,13H,3-7,10H2,1-2H3,(H,18,19). The van der Waals surface area contributed by atoms with Crippen molar-refractivity contribution in [2.75, 3.05) is 11.4 Å². The lowest BCUT2D eigenvalue weighted by Gasteiger charge is -2.32. The van der Waals surface area contributed by atoms with Gasteiger partial charge in [0, 0.05) is 12.6 Å². The fourth-order valence-corrected chi connectivity index (χ4v) is 2.98. The molecule has 1 atom stereocenters. The number of carboxylic acids is 1. The summed E-state index contributed by atoms with van der Waals surface area (Å²) in [6, 6.07) is 6.12. The van der Waals surface area contributed by atoms with Crippen LogP contribution >= 0.6 is 0 Å². The van der Waals surface area contributed by atoms with Gasteiger partial charge in [0.05, 0.1) is 11.3 Å². The van der Waals surface area contributed by atoms with Crippen molar-refractivity contribution in [2.24, 2.45) is 0 Å². The highest BCUT2D eigenvalue weighted by atomic mass is 16.4. The summed E-state index contributed by atoms with van der Waals surface area (Å²) in [5.41, 5.74) is 2.46. The Morgan fingerprint density at radius 2 is 2.16 bits per heavy atom. The highest BCUT2D eigenvalue weighted by molar-refractivity contribution is 5.94. The van der Waals surface area contributed by atoms with Gasteiger partial charge in [0.15, 0.2) is 0 Å². The van der Waals surface area contributed by atoms with Gasteiger partial charge < -0.3 is 10.0 Å². The maximum Gasteiger partial charge on any atom is 0.337 e. The Bertz CT molecular complexity index is 456. The lowest BCUT2D eigenvalue weighted by molar-refractivity contribution is 0.0697. The van der Waals surface area contributed by atoms with E-state index in [1.54, 1.807) is 6.07 Å². The summed E-state index contributed by atoms with van der Waals surface area (Å²) in [4.78, 5) is 13.8. The molecule has 0 aliphatic carbocycles. The fourth-order valence-electron chi connectivity index (χ4n) is 2.98. The molecule has 0 saturated carbocycles. The molecule has 1 unspecified atom stereocenters. The predicted molar refractivity (Wildman–Crippen MR) is 78.0 cm³/mol. The highest BCUT2D eigenvalue weighted by Gasteiger charge is 2.23. The van der Waals surface area contributed by atoms with Crippen LogP contribution in [-0.2, 0) is 0 Å². The molecule has 3 heteroatoms. The van der Waals surface area contributed by atoms with E-state index in [0.717, 1.165) is 30.6 Å². The molecule has 1 aromatic carbocycles. The van der Waals surface area contributed by atoms with E-state index in [2.05, 4.69) is 11.8 Å². The molecule has 0 aromatic heterocycles. The van der Waals surface area contributed by atoms with Gasteiger partial charge in [-0.2, -0.15) is 0 Å². The second-order valence-corrected chi connectivity index (χ2v) is 5.43. The first-order valence-corrected chi connectivity index (χ1v) is 7.24. The minimum Gasteiger partial charge on any atom is -0.478 e. The molecule has 0 radical (unpaired) electrons. The third-order valence-electron chi connectivity index (χ3n) is 4.04. The molecular formula is C16H23NO2. The molecule has 104 valence electrons. The van der Waals surface area contributed by atoms with E-state index < -0.39 is 5.97 Å². The molecule has 2 rings (SSSR count). The van der Waals surface area contributed by atoms with E-state index in [-0.39, 0.29) is 0 Å².